The predicted molar refractivity (Wildman–Crippen MR) is 150 cm³/mol. The predicted octanol–water partition coefficient (Wildman–Crippen LogP) is 1.85. The van der Waals surface area contributed by atoms with Crippen LogP contribution < -0.4 is 21.1 Å². The van der Waals surface area contributed by atoms with Gasteiger partial charge in [-0.15, -0.1) is 0 Å². The van der Waals surface area contributed by atoms with Gasteiger partial charge < -0.3 is 36.4 Å². The van der Waals surface area contributed by atoms with Gasteiger partial charge in [-0.2, -0.15) is 11.8 Å². The number of aromatic hydroxyl groups is 1. The number of ketones is 1. The van der Waals surface area contributed by atoms with Crippen LogP contribution in [-0.2, 0) is 30.4 Å². The zero-order valence-electron chi connectivity index (χ0n) is 23.0. The zero-order valence-corrected chi connectivity index (χ0v) is 23.8. The molecule has 2 amide bonds. The average Bonchev–Trinajstić information content (AvgIpc) is 2.91. The number of thioether (sulfide) groups is 1. The van der Waals surface area contributed by atoms with Gasteiger partial charge in [0.1, 0.15) is 24.4 Å². The van der Waals surface area contributed by atoms with Crippen LogP contribution in [0.15, 0.2) is 18.2 Å². The number of phenols is 1. The molecule has 0 heterocycles. The summed E-state index contributed by atoms with van der Waals surface area (Å²) in [4.78, 5) is 59.7. The van der Waals surface area contributed by atoms with E-state index in [1.807, 2.05) is 0 Å². The smallest absolute Gasteiger partial charge is 0.322 e. The van der Waals surface area contributed by atoms with E-state index < -0.39 is 42.4 Å². The number of amides is 2. The van der Waals surface area contributed by atoms with E-state index in [4.69, 9.17) is 20.7 Å². The number of carboxylic acid groups (broad SMARTS) is 2. The summed E-state index contributed by atoms with van der Waals surface area (Å²) in [6.07, 6.45) is 4.23. The third kappa shape index (κ3) is 14.2. The van der Waals surface area contributed by atoms with Crippen LogP contribution in [0.3, 0.4) is 0 Å². The highest BCUT2D eigenvalue weighted by Gasteiger charge is 2.25. The van der Waals surface area contributed by atoms with Gasteiger partial charge in [0.25, 0.3) is 0 Å². The number of nitrogens with one attached hydrogen (secondary N) is 2. The lowest BCUT2D eigenvalue weighted by atomic mass is 10.0. The Labute approximate surface area is 238 Å². The Kier molecular flexibility index (Phi) is 16.4. The van der Waals surface area contributed by atoms with Gasteiger partial charge in [0, 0.05) is 30.3 Å². The van der Waals surface area contributed by atoms with Gasteiger partial charge in [0.15, 0.2) is 11.5 Å². The van der Waals surface area contributed by atoms with Gasteiger partial charge in [-0.1, -0.05) is 32.3 Å². The molecule has 13 heteroatoms. The van der Waals surface area contributed by atoms with Crippen molar-refractivity contribution in [2.75, 3.05) is 19.4 Å². The fourth-order valence-electron chi connectivity index (χ4n) is 3.76. The van der Waals surface area contributed by atoms with Gasteiger partial charge in [0.2, 0.25) is 11.8 Å². The lowest BCUT2D eigenvalue weighted by molar-refractivity contribution is -0.139. The number of nitrogens with two attached hydrogens (primary N) is 1. The molecule has 0 saturated heterocycles. The van der Waals surface area contributed by atoms with E-state index >= 15 is 0 Å². The van der Waals surface area contributed by atoms with E-state index in [1.165, 1.54) is 24.9 Å². The summed E-state index contributed by atoms with van der Waals surface area (Å²) in [7, 11) is 1.45. The van der Waals surface area contributed by atoms with Gasteiger partial charge in [-0.3, -0.25) is 24.0 Å². The second-order valence-electron chi connectivity index (χ2n) is 9.42. The first-order valence-corrected chi connectivity index (χ1v) is 14.3. The minimum absolute atomic E-state index is 0.0173. The Bertz CT molecular complexity index is 1010. The molecule has 1 aromatic carbocycles. The molecule has 0 saturated carbocycles. The van der Waals surface area contributed by atoms with E-state index in [-0.39, 0.29) is 48.2 Å². The number of aliphatic carboxylic acids is 2. The average molecular weight is 584 g/mol. The molecular weight excluding hydrogens is 542 g/mol. The molecule has 0 radical (unpaired) electrons. The van der Waals surface area contributed by atoms with Crippen molar-refractivity contribution in [2.24, 2.45) is 5.73 Å². The van der Waals surface area contributed by atoms with Crippen LogP contribution in [0.25, 0.3) is 0 Å². The van der Waals surface area contributed by atoms with Gasteiger partial charge in [-0.05, 0) is 37.0 Å². The molecule has 0 aromatic heterocycles. The van der Waals surface area contributed by atoms with E-state index in [1.54, 1.807) is 12.1 Å². The molecule has 0 bridgehead atoms. The minimum atomic E-state index is -1.25. The Morgan fingerprint density at radius 1 is 1.07 bits per heavy atom. The molecule has 0 aliphatic heterocycles. The van der Waals surface area contributed by atoms with Crippen molar-refractivity contribution >= 4 is 41.3 Å². The highest BCUT2D eigenvalue weighted by Crippen LogP contribution is 2.27. The van der Waals surface area contributed by atoms with Crippen molar-refractivity contribution in [3.63, 3.8) is 0 Å². The summed E-state index contributed by atoms with van der Waals surface area (Å²) in [5.41, 5.74) is 6.29. The minimum Gasteiger partial charge on any atom is -0.504 e. The molecule has 12 nitrogen and oxygen atoms in total. The summed E-state index contributed by atoms with van der Waals surface area (Å²) in [6, 6.07) is 2.62. The second kappa shape index (κ2) is 18.9. The molecule has 0 fully saturated rings. The number of phenolic OH excluding ortho intramolecular Hbond substituents is 1. The second-order valence-corrected chi connectivity index (χ2v) is 10.7. The summed E-state index contributed by atoms with van der Waals surface area (Å²) in [5, 5.41) is 32.2. The Morgan fingerprint density at radius 2 is 1.80 bits per heavy atom. The van der Waals surface area contributed by atoms with Crippen LogP contribution in [0.2, 0.25) is 0 Å². The summed E-state index contributed by atoms with van der Waals surface area (Å²) < 4.78 is 5.12. The number of carbonyl (C=O) groups is 5. The lowest BCUT2D eigenvalue weighted by Gasteiger charge is -2.22. The summed E-state index contributed by atoms with van der Waals surface area (Å²) in [6.45, 7) is 1.44. The fraction of sp³-hybridized carbons (Fsp3) is 0.593. The van der Waals surface area contributed by atoms with Crippen molar-refractivity contribution in [3.8, 4) is 11.5 Å². The Morgan fingerprint density at radius 3 is 2.42 bits per heavy atom. The molecule has 40 heavy (non-hydrogen) atoms. The molecule has 224 valence electrons. The number of methoxy groups -OCH3 is 1. The third-order valence-corrected chi connectivity index (χ3v) is 7.48. The normalized spacial score (nSPS) is 13.1. The number of unbranched alkanes of at least 4 members (excludes halogenated alkanes) is 2. The maximum absolute atomic E-state index is 12.9. The molecule has 0 aliphatic rings. The van der Waals surface area contributed by atoms with E-state index in [2.05, 4.69) is 17.6 Å². The quantitative estimate of drug-likeness (QED) is 0.115. The monoisotopic (exact) mass is 583 g/mol. The Balaban J connectivity index is 2.83. The number of Topliss-reactive ketones (excluding diaryl/α,β-unsaturated/α-hetero) is 1. The number of carbonyl (C=O) groups excluding carboxylic acids is 3. The van der Waals surface area contributed by atoms with Crippen molar-refractivity contribution in [1.29, 1.82) is 0 Å². The van der Waals surface area contributed by atoms with Crippen molar-refractivity contribution in [2.45, 2.75) is 82.0 Å². The number of hydrogen-bond acceptors (Lipinski definition) is 9. The largest absolute Gasteiger partial charge is 0.504 e. The number of carboxylic acids is 2. The first-order valence-electron chi connectivity index (χ1n) is 13.2. The zero-order chi connectivity index (χ0) is 30.1. The van der Waals surface area contributed by atoms with Crippen LogP contribution in [-0.4, -0.2) is 81.6 Å². The molecule has 1 unspecified atom stereocenters. The third-order valence-electron chi connectivity index (χ3n) is 6.09. The van der Waals surface area contributed by atoms with Crippen LogP contribution in [0.4, 0.5) is 0 Å². The van der Waals surface area contributed by atoms with Crippen LogP contribution in [0.1, 0.15) is 63.9 Å². The summed E-state index contributed by atoms with van der Waals surface area (Å²) in [5.74, 6) is -3.29. The molecule has 3 atom stereocenters. The number of rotatable bonds is 21. The highest BCUT2D eigenvalue weighted by molar-refractivity contribution is 8.00. The van der Waals surface area contributed by atoms with Crippen LogP contribution in [0, 0.1) is 0 Å². The topological polar surface area (TPSA) is 205 Å². The molecule has 1 rings (SSSR count). The first-order chi connectivity index (χ1) is 19.0. The van der Waals surface area contributed by atoms with Gasteiger partial charge in [-0.25, -0.2) is 0 Å². The van der Waals surface area contributed by atoms with E-state index in [9.17, 15) is 29.1 Å². The van der Waals surface area contributed by atoms with Crippen molar-refractivity contribution < 1.29 is 44.0 Å². The Hall–Kier alpha value is -3.32. The molecule has 0 aliphatic carbocycles. The van der Waals surface area contributed by atoms with Crippen molar-refractivity contribution in [1.82, 2.24) is 10.6 Å². The van der Waals surface area contributed by atoms with Gasteiger partial charge in [0.05, 0.1) is 7.11 Å². The maximum atomic E-state index is 12.9. The molecule has 7 N–H and O–H groups in total. The van der Waals surface area contributed by atoms with Crippen LogP contribution in [0.5, 0.6) is 11.5 Å². The maximum Gasteiger partial charge on any atom is 0.322 e. The van der Waals surface area contributed by atoms with E-state index in [0.29, 0.717) is 12.2 Å². The molecule has 1 aromatic rings. The number of aryl methyl sites for hydroxylation is 1. The van der Waals surface area contributed by atoms with Crippen molar-refractivity contribution in [3.05, 3.63) is 23.8 Å². The van der Waals surface area contributed by atoms with Gasteiger partial charge >= 0.3 is 11.9 Å². The first kappa shape index (κ1) is 34.7. The standard InChI is InChI=1S/C27H41N3O9S/c1-3-4-5-6-19(14-18(31)9-7-17-8-11-22(32)23(13-17)39-2)40-16-21(26(36)29-15-25(34)35)30-24(33)12-10-20(28)27(37)38/h8,11,13,19-21,32H,3-7,9-10,12,14-16,28H2,1-2H3,(H,29,36)(H,30,33)(H,34,35)(H,37,38)/t19?,20-,21-/m0/s1. The summed E-state index contributed by atoms with van der Waals surface area (Å²) >= 11 is 1.36. The van der Waals surface area contributed by atoms with Crippen LogP contribution >= 0.6 is 11.8 Å². The highest BCUT2D eigenvalue weighted by atomic mass is 32.2. The van der Waals surface area contributed by atoms with E-state index in [0.717, 1.165) is 31.2 Å². The molecule has 0 spiro atoms. The molecular formula is C27H41N3O9S. The number of benzene rings is 1. The lowest BCUT2D eigenvalue weighted by Crippen LogP contribution is -2.49. The number of hydrogen-bond donors (Lipinski definition) is 6. The SMILES string of the molecule is CCCCCC(CC(=O)CCc1ccc(O)c(OC)c1)SC[C@H](NC(=O)CC[C@H](N)C(=O)O)C(=O)NCC(=O)O. The number of ether oxygens (including phenoxy) is 1. The fourth-order valence-corrected chi connectivity index (χ4v) is 5.10.